The lowest BCUT2D eigenvalue weighted by molar-refractivity contribution is -0.128. The summed E-state index contributed by atoms with van der Waals surface area (Å²) in [4.78, 5) is 23.1. The van der Waals surface area contributed by atoms with E-state index in [-0.39, 0.29) is 17.6 Å². The van der Waals surface area contributed by atoms with Crippen LogP contribution in [0.5, 0.6) is 0 Å². The minimum atomic E-state index is -0.629. The molecule has 1 aromatic heterocycles. The summed E-state index contributed by atoms with van der Waals surface area (Å²) in [5.41, 5.74) is 1.26. The molecule has 0 fully saturated rings. The minimum absolute atomic E-state index is 0.0187. The molecule has 0 spiro atoms. The highest BCUT2D eigenvalue weighted by molar-refractivity contribution is 7.99. The van der Waals surface area contributed by atoms with Crippen molar-refractivity contribution in [3.63, 3.8) is 0 Å². The lowest BCUT2D eigenvalue weighted by Crippen LogP contribution is -2.42. The molecule has 0 aliphatic carbocycles. The number of nitrogens with zero attached hydrogens (tertiary/aromatic N) is 2. The van der Waals surface area contributed by atoms with Crippen LogP contribution in [0.25, 0.3) is 0 Å². The molecular weight excluding hydrogens is 254 g/mol. The standard InChI is InChI=1S/C10H19N5O2S/c1-6(2)15-8(17)13-14-9(15)18-5-10(3,4)7(16)12-11/h6H,5,11H2,1-4H3,(H,12,16)(H,13,17). The van der Waals surface area contributed by atoms with Gasteiger partial charge in [-0.2, -0.15) is 0 Å². The van der Waals surface area contributed by atoms with E-state index in [4.69, 9.17) is 5.84 Å². The second-order valence-corrected chi connectivity index (χ2v) is 5.86. The molecule has 0 bridgehead atoms. The van der Waals surface area contributed by atoms with Gasteiger partial charge in [0.15, 0.2) is 5.16 Å². The molecule has 102 valence electrons. The summed E-state index contributed by atoms with van der Waals surface area (Å²) in [5, 5.41) is 6.94. The van der Waals surface area contributed by atoms with Gasteiger partial charge in [0.1, 0.15) is 0 Å². The molecule has 0 radical (unpaired) electrons. The molecule has 1 aromatic rings. The molecule has 8 heteroatoms. The molecular formula is C10H19N5O2S. The average Bonchev–Trinajstić information content (AvgIpc) is 2.66. The second kappa shape index (κ2) is 5.57. The fourth-order valence-electron chi connectivity index (χ4n) is 1.35. The lowest BCUT2D eigenvalue weighted by Gasteiger charge is -2.21. The number of amides is 1. The summed E-state index contributed by atoms with van der Waals surface area (Å²) in [6.45, 7) is 7.37. The number of thioether (sulfide) groups is 1. The molecule has 4 N–H and O–H groups in total. The van der Waals surface area contributed by atoms with Crippen molar-refractivity contribution in [2.75, 3.05) is 5.75 Å². The SMILES string of the molecule is CC(C)n1c(SCC(C)(C)C(=O)NN)n[nH]c1=O. The number of nitrogens with one attached hydrogen (secondary N) is 2. The van der Waals surface area contributed by atoms with Gasteiger partial charge < -0.3 is 0 Å². The minimum Gasteiger partial charge on any atom is -0.294 e. The lowest BCUT2D eigenvalue weighted by atomic mass is 9.96. The number of nitrogens with two attached hydrogens (primary N) is 1. The van der Waals surface area contributed by atoms with Crippen LogP contribution in [0.15, 0.2) is 9.95 Å². The number of aromatic amines is 1. The monoisotopic (exact) mass is 273 g/mol. The van der Waals surface area contributed by atoms with Gasteiger partial charge in [0.2, 0.25) is 5.91 Å². The van der Waals surface area contributed by atoms with Crippen LogP contribution < -0.4 is 17.0 Å². The van der Waals surface area contributed by atoms with E-state index in [1.165, 1.54) is 11.8 Å². The Balaban J connectivity index is 2.81. The summed E-state index contributed by atoms with van der Waals surface area (Å²) >= 11 is 1.35. The Bertz CT molecular complexity index is 477. The fourth-order valence-corrected chi connectivity index (χ4v) is 2.52. The van der Waals surface area contributed by atoms with Crippen LogP contribution in [0.3, 0.4) is 0 Å². The van der Waals surface area contributed by atoms with Crippen LogP contribution in [-0.4, -0.2) is 26.4 Å². The van der Waals surface area contributed by atoms with E-state index in [0.717, 1.165) is 0 Å². The predicted octanol–water partition coefficient (Wildman–Crippen LogP) is 0.261. The number of carbonyl (C=O) groups is 1. The Morgan fingerprint density at radius 2 is 2.22 bits per heavy atom. The number of carbonyl (C=O) groups excluding carboxylic acids is 1. The second-order valence-electron chi connectivity index (χ2n) is 4.92. The van der Waals surface area contributed by atoms with E-state index in [2.05, 4.69) is 15.6 Å². The van der Waals surface area contributed by atoms with Gasteiger partial charge in [0.25, 0.3) is 0 Å². The molecule has 0 aromatic carbocycles. The Labute approximate surface area is 109 Å². The molecule has 0 aliphatic rings. The summed E-state index contributed by atoms with van der Waals surface area (Å²) in [6, 6.07) is 0.0187. The maximum Gasteiger partial charge on any atom is 0.344 e. The first-order chi connectivity index (χ1) is 8.29. The highest BCUT2D eigenvalue weighted by Gasteiger charge is 2.28. The maximum atomic E-state index is 11.5. The van der Waals surface area contributed by atoms with Gasteiger partial charge in [-0.15, -0.1) is 5.10 Å². The van der Waals surface area contributed by atoms with E-state index in [1.54, 1.807) is 18.4 Å². The van der Waals surface area contributed by atoms with Crippen LogP contribution in [-0.2, 0) is 4.79 Å². The zero-order valence-corrected chi connectivity index (χ0v) is 11.8. The normalized spacial score (nSPS) is 11.9. The Morgan fingerprint density at radius 3 is 2.72 bits per heavy atom. The number of rotatable bonds is 5. The van der Waals surface area contributed by atoms with E-state index >= 15 is 0 Å². The zero-order valence-electron chi connectivity index (χ0n) is 11.0. The highest BCUT2D eigenvalue weighted by atomic mass is 32.2. The largest absolute Gasteiger partial charge is 0.344 e. The van der Waals surface area contributed by atoms with Crippen LogP contribution >= 0.6 is 11.8 Å². The topological polar surface area (TPSA) is 106 Å². The first-order valence-corrected chi connectivity index (χ1v) is 6.59. The van der Waals surface area contributed by atoms with Crippen molar-refractivity contribution in [3.8, 4) is 0 Å². The van der Waals surface area contributed by atoms with Crippen LogP contribution in [0.2, 0.25) is 0 Å². The van der Waals surface area contributed by atoms with Gasteiger partial charge in [-0.25, -0.2) is 15.7 Å². The Kier molecular flexibility index (Phi) is 4.58. The fraction of sp³-hybridized carbons (Fsp3) is 0.700. The highest BCUT2D eigenvalue weighted by Crippen LogP contribution is 2.26. The predicted molar refractivity (Wildman–Crippen MR) is 70.1 cm³/mol. The third-order valence-electron chi connectivity index (χ3n) is 2.50. The van der Waals surface area contributed by atoms with Gasteiger partial charge in [0.05, 0.1) is 5.41 Å². The van der Waals surface area contributed by atoms with Crippen molar-refractivity contribution in [2.45, 2.75) is 38.9 Å². The van der Waals surface area contributed by atoms with E-state index in [0.29, 0.717) is 10.9 Å². The molecule has 7 nitrogen and oxygen atoms in total. The number of aromatic nitrogens is 3. The molecule has 0 saturated heterocycles. The van der Waals surface area contributed by atoms with Crippen LogP contribution in [0, 0.1) is 5.41 Å². The number of hydrogen-bond donors (Lipinski definition) is 3. The van der Waals surface area contributed by atoms with E-state index < -0.39 is 5.41 Å². The number of H-pyrrole nitrogens is 1. The van der Waals surface area contributed by atoms with Gasteiger partial charge >= 0.3 is 5.69 Å². The Morgan fingerprint density at radius 1 is 1.61 bits per heavy atom. The molecule has 1 rings (SSSR count). The summed E-state index contributed by atoms with van der Waals surface area (Å²) in [6.07, 6.45) is 0. The summed E-state index contributed by atoms with van der Waals surface area (Å²) in [7, 11) is 0. The van der Waals surface area contributed by atoms with Crippen molar-refractivity contribution < 1.29 is 4.79 Å². The van der Waals surface area contributed by atoms with Crippen molar-refractivity contribution in [2.24, 2.45) is 11.3 Å². The average molecular weight is 273 g/mol. The van der Waals surface area contributed by atoms with Gasteiger partial charge in [-0.3, -0.25) is 14.8 Å². The van der Waals surface area contributed by atoms with Crippen molar-refractivity contribution in [1.29, 1.82) is 0 Å². The summed E-state index contributed by atoms with van der Waals surface area (Å²) < 4.78 is 1.56. The first-order valence-electron chi connectivity index (χ1n) is 5.60. The van der Waals surface area contributed by atoms with Crippen molar-refractivity contribution in [3.05, 3.63) is 10.5 Å². The molecule has 0 unspecified atom stereocenters. The zero-order chi connectivity index (χ0) is 13.9. The smallest absolute Gasteiger partial charge is 0.294 e. The van der Waals surface area contributed by atoms with Gasteiger partial charge in [-0.05, 0) is 13.8 Å². The van der Waals surface area contributed by atoms with Gasteiger partial charge in [-0.1, -0.05) is 25.6 Å². The molecule has 1 amide bonds. The van der Waals surface area contributed by atoms with Crippen LogP contribution in [0.1, 0.15) is 33.7 Å². The third-order valence-corrected chi connectivity index (χ3v) is 3.91. The summed E-state index contributed by atoms with van der Waals surface area (Å²) in [5.74, 6) is 5.36. The third kappa shape index (κ3) is 3.14. The molecule has 1 heterocycles. The quantitative estimate of drug-likeness (QED) is 0.309. The van der Waals surface area contributed by atoms with Gasteiger partial charge in [0, 0.05) is 11.8 Å². The maximum absolute atomic E-state index is 11.5. The Hall–Kier alpha value is -1.28. The molecule has 0 atom stereocenters. The van der Waals surface area contributed by atoms with Crippen molar-refractivity contribution >= 4 is 17.7 Å². The number of hydrogen-bond acceptors (Lipinski definition) is 5. The van der Waals surface area contributed by atoms with Crippen molar-refractivity contribution in [1.82, 2.24) is 20.2 Å². The van der Waals surface area contributed by atoms with E-state index in [1.807, 2.05) is 13.8 Å². The molecule has 0 saturated carbocycles. The first kappa shape index (κ1) is 14.8. The molecule has 0 aliphatic heterocycles. The van der Waals surface area contributed by atoms with E-state index in [9.17, 15) is 9.59 Å². The van der Waals surface area contributed by atoms with Crippen LogP contribution in [0.4, 0.5) is 0 Å². The molecule has 18 heavy (non-hydrogen) atoms. The number of hydrazine groups is 1.